The van der Waals surface area contributed by atoms with Crippen LogP contribution in [0.3, 0.4) is 0 Å². The van der Waals surface area contributed by atoms with Gasteiger partial charge in [-0.15, -0.1) is 0 Å². The lowest BCUT2D eigenvalue weighted by Crippen LogP contribution is -2.32. The number of aryl methyl sites for hydroxylation is 1. The number of hydrogen-bond acceptors (Lipinski definition) is 0. The van der Waals surface area contributed by atoms with Gasteiger partial charge in [-0.3, -0.25) is 0 Å². The van der Waals surface area contributed by atoms with E-state index >= 15 is 0 Å². The second kappa shape index (κ2) is 10.9. The van der Waals surface area contributed by atoms with Gasteiger partial charge in [-0.1, -0.05) is 116 Å². The number of rotatable bonds is 8. The maximum atomic E-state index is 2.33. The van der Waals surface area contributed by atoms with Crippen molar-refractivity contribution in [3.63, 3.8) is 0 Å². The minimum Gasteiger partial charge on any atom is -0.0651 e. The number of hydrogen-bond donors (Lipinski definition) is 0. The Morgan fingerprint density at radius 2 is 0.800 bits per heavy atom. The van der Waals surface area contributed by atoms with Crippen molar-refractivity contribution in [2.75, 3.05) is 0 Å². The van der Waals surface area contributed by atoms with Crippen LogP contribution in [0.2, 0.25) is 0 Å². The zero-order valence-electron chi connectivity index (χ0n) is 20.3. The first kappa shape index (κ1) is 23.3. The van der Waals surface area contributed by atoms with Gasteiger partial charge >= 0.3 is 0 Å². The van der Waals surface area contributed by atoms with Crippen LogP contribution in [0.5, 0.6) is 0 Å². The molecule has 0 spiro atoms. The van der Waals surface area contributed by atoms with Gasteiger partial charge in [0.2, 0.25) is 0 Å². The van der Waals surface area contributed by atoms with Crippen LogP contribution in [-0.2, 0) is 12.6 Å². The van der Waals surface area contributed by atoms with E-state index in [4.69, 9.17) is 0 Å². The van der Waals surface area contributed by atoms with E-state index < -0.39 is 7.26 Å². The molecule has 172 valence electrons. The van der Waals surface area contributed by atoms with Crippen LogP contribution in [0.1, 0.15) is 24.5 Å². The summed E-state index contributed by atoms with van der Waals surface area (Å²) in [4.78, 5) is 0. The predicted molar refractivity (Wildman–Crippen MR) is 155 cm³/mol. The minimum atomic E-state index is -1.88. The van der Waals surface area contributed by atoms with Gasteiger partial charge in [0, 0.05) is 0 Å². The molecular weight excluding hydrogens is 439 g/mol. The summed E-state index contributed by atoms with van der Waals surface area (Å²) < 4.78 is 0. The molecule has 0 fully saturated rings. The molecule has 5 aromatic carbocycles. The van der Waals surface area contributed by atoms with Crippen LogP contribution in [0.15, 0.2) is 140 Å². The molecule has 0 saturated carbocycles. The molecule has 0 N–H and O–H groups in total. The SMILES string of the molecule is CCCc1ccc(-c2ccc(C[P+](c3ccccc3)(c3ccccc3)c3ccccc3)cc2)cc1. The maximum Gasteiger partial charge on any atom is 0.116 e. The molecule has 0 aliphatic rings. The van der Waals surface area contributed by atoms with Gasteiger partial charge < -0.3 is 0 Å². The van der Waals surface area contributed by atoms with E-state index in [9.17, 15) is 0 Å². The Morgan fingerprint density at radius 1 is 0.429 bits per heavy atom. The second-order valence-electron chi connectivity index (χ2n) is 9.12. The summed E-state index contributed by atoms with van der Waals surface area (Å²) in [7, 11) is -1.88. The molecule has 0 heterocycles. The first-order valence-electron chi connectivity index (χ1n) is 12.5. The average molecular weight is 472 g/mol. The molecule has 0 bridgehead atoms. The Bertz CT molecular complexity index is 1230. The second-order valence-corrected chi connectivity index (χ2v) is 12.6. The van der Waals surface area contributed by atoms with Crippen LogP contribution in [0.4, 0.5) is 0 Å². The quantitative estimate of drug-likeness (QED) is 0.203. The molecule has 0 nitrogen and oxygen atoms in total. The minimum absolute atomic E-state index is 1.00. The third-order valence-corrected chi connectivity index (χ3v) is 11.2. The molecule has 5 aromatic rings. The lowest BCUT2D eigenvalue weighted by Gasteiger charge is -2.28. The fraction of sp³-hybridized carbons (Fsp3) is 0.118. The van der Waals surface area contributed by atoms with Crippen molar-refractivity contribution >= 4 is 23.2 Å². The highest BCUT2D eigenvalue weighted by Gasteiger charge is 2.45. The van der Waals surface area contributed by atoms with Crippen molar-refractivity contribution in [2.45, 2.75) is 25.9 Å². The largest absolute Gasteiger partial charge is 0.116 e. The fourth-order valence-electron chi connectivity index (χ4n) is 5.00. The Balaban J connectivity index is 1.57. The predicted octanol–water partition coefficient (Wildman–Crippen LogP) is 7.80. The van der Waals surface area contributed by atoms with Gasteiger partial charge in [0.05, 0.1) is 6.16 Å². The molecule has 35 heavy (non-hydrogen) atoms. The molecule has 0 saturated heterocycles. The average Bonchev–Trinajstić information content (AvgIpc) is 2.94. The maximum absolute atomic E-state index is 2.33. The smallest absolute Gasteiger partial charge is 0.0651 e. The van der Waals surface area contributed by atoms with Crippen molar-refractivity contribution in [3.05, 3.63) is 151 Å². The molecule has 0 atom stereocenters. The van der Waals surface area contributed by atoms with Crippen LogP contribution in [-0.4, -0.2) is 0 Å². The van der Waals surface area contributed by atoms with Gasteiger partial charge in [-0.2, -0.15) is 0 Å². The van der Waals surface area contributed by atoms with Crippen LogP contribution in [0, 0.1) is 0 Å². The Labute approximate surface area is 210 Å². The lowest BCUT2D eigenvalue weighted by atomic mass is 10.0. The normalized spacial score (nSPS) is 11.3. The molecule has 0 unspecified atom stereocenters. The number of benzene rings is 5. The summed E-state index contributed by atoms with van der Waals surface area (Å²) in [6.07, 6.45) is 3.33. The van der Waals surface area contributed by atoms with Gasteiger partial charge in [-0.05, 0) is 65.1 Å². The summed E-state index contributed by atoms with van der Waals surface area (Å²) in [6, 6.07) is 51.7. The molecule has 0 radical (unpaired) electrons. The molecule has 0 amide bonds. The Hall–Kier alpha value is -3.47. The molecule has 0 aromatic heterocycles. The van der Waals surface area contributed by atoms with Crippen molar-refractivity contribution < 1.29 is 0 Å². The highest BCUT2D eigenvalue weighted by molar-refractivity contribution is 7.95. The van der Waals surface area contributed by atoms with Crippen LogP contribution < -0.4 is 15.9 Å². The fourth-order valence-corrected chi connectivity index (χ4v) is 9.24. The highest BCUT2D eigenvalue weighted by atomic mass is 31.2. The third-order valence-electron chi connectivity index (χ3n) is 6.79. The Morgan fingerprint density at radius 3 is 1.17 bits per heavy atom. The van der Waals surface area contributed by atoms with E-state index in [0.29, 0.717) is 0 Å². The molecular formula is C34H32P+. The third kappa shape index (κ3) is 5.00. The van der Waals surface area contributed by atoms with E-state index in [1.54, 1.807) is 0 Å². The summed E-state index contributed by atoms with van der Waals surface area (Å²) in [5.41, 5.74) is 5.35. The van der Waals surface area contributed by atoms with Gasteiger partial charge in [0.25, 0.3) is 0 Å². The van der Waals surface area contributed by atoms with Gasteiger partial charge in [-0.25, -0.2) is 0 Å². The van der Waals surface area contributed by atoms with Crippen molar-refractivity contribution in [1.29, 1.82) is 0 Å². The van der Waals surface area contributed by atoms with Crippen molar-refractivity contribution in [3.8, 4) is 11.1 Å². The van der Waals surface area contributed by atoms with E-state index in [1.807, 2.05) is 0 Å². The van der Waals surface area contributed by atoms with E-state index in [-0.39, 0.29) is 0 Å². The topological polar surface area (TPSA) is 0 Å². The molecule has 1 heteroatoms. The summed E-state index contributed by atoms with van der Waals surface area (Å²) in [5, 5.41) is 4.27. The summed E-state index contributed by atoms with van der Waals surface area (Å²) in [5.74, 6) is 0. The van der Waals surface area contributed by atoms with E-state index in [1.165, 1.54) is 44.6 Å². The standard InChI is InChI=1S/C34H32P/c1-2-12-28-19-23-30(24-20-28)31-25-21-29(22-26-31)27-35(32-13-6-3-7-14-32,33-15-8-4-9-16-33)34-17-10-5-11-18-34/h3-11,13-26H,2,12,27H2,1H3/q+1. The van der Waals surface area contributed by atoms with E-state index in [2.05, 4.69) is 146 Å². The lowest BCUT2D eigenvalue weighted by molar-refractivity contribution is 0.922. The van der Waals surface area contributed by atoms with Gasteiger partial charge in [0.1, 0.15) is 23.2 Å². The van der Waals surface area contributed by atoms with Crippen LogP contribution in [0.25, 0.3) is 11.1 Å². The zero-order chi connectivity index (χ0) is 23.9. The van der Waals surface area contributed by atoms with Crippen molar-refractivity contribution in [1.82, 2.24) is 0 Å². The monoisotopic (exact) mass is 471 g/mol. The zero-order valence-corrected chi connectivity index (χ0v) is 21.2. The molecule has 5 rings (SSSR count). The van der Waals surface area contributed by atoms with Crippen LogP contribution >= 0.6 is 7.26 Å². The molecule has 0 aliphatic carbocycles. The first-order valence-corrected chi connectivity index (χ1v) is 14.5. The molecule has 0 aliphatic heterocycles. The first-order chi connectivity index (χ1) is 17.3. The Kier molecular flexibility index (Phi) is 7.22. The van der Waals surface area contributed by atoms with E-state index in [0.717, 1.165) is 12.6 Å². The summed E-state index contributed by atoms with van der Waals surface area (Å²) >= 11 is 0. The van der Waals surface area contributed by atoms with Crippen molar-refractivity contribution in [2.24, 2.45) is 0 Å². The summed E-state index contributed by atoms with van der Waals surface area (Å²) in [6.45, 7) is 2.23. The van der Waals surface area contributed by atoms with Gasteiger partial charge in [0.15, 0.2) is 0 Å². The highest BCUT2D eigenvalue weighted by Crippen LogP contribution is 2.58.